The van der Waals surface area contributed by atoms with Crippen LogP contribution in [0, 0.1) is 0 Å². The molecule has 114 valence electrons. The van der Waals surface area contributed by atoms with Crippen LogP contribution in [0.3, 0.4) is 0 Å². The van der Waals surface area contributed by atoms with Crippen LogP contribution in [0.1, 0.15) is 10.4 Å². The van der Waals surface area contributed by atoms with E-state index >= 15 is 0 Å². The second kappa shape index (κ2) is 6.91. The normalized spacial score (nSPS) is 14.7. The molecule has 2 N–H and O–H groups in total. The number of amides is 2. The average Bonchev–Trinajstić information content (AvgIpc) is 2.49. The Balaban J connectivity index is 2.19. The Kier molecular flexibility index (Phi) is 5.19. The monoisotopic (exact) mass is 330 g/mol. The largest absolute Gasteiger partial charge is 0.496 e. The number of nitrogens with one attached hydrogen (secondary N) is 1. The summed E-state index contributed by atoms with van der Waals surface area (Å²) in [5, 5.41) is 11.9. The van der Waals surface area contributed by atoms with Crippen LogP contribution in [0.5, 0.6) is 5.75 Å². The van der Waals surface area contributed by atoms with E-state index in [0.29, 0.717) is 18.8 Å². The molecule has 21 heavy (non-hydrogen) atoms. The summed E-state index contributed by atoms with van der Waals surface area (Å²) in [6.07, 6.45) is 0. The Labute approximate surface area is 131 Å². The standard InChI is InChI=1S/C13H15ClN2O4S/c1-20-11-7-10(9(14)6-8(11)12(17)18)15-13(19)16-2-4-21-5-3-16/h6-7H,2-5H2,1H3,(H,15,19)(H,17,18). The summed E-state index contributed by atoms with van der Waals surface area (Å²) in [6.45, 7) is 1.36. The van der Waals surface area contributed by atoms with Gasteiger partial charge >= 0.3 is 12.0 Å². The Bertz CT molecular complexity index is 561. The number of ether oxygens (including phenoxy) is 1. The first-order valence-electron chi connectivity index (χ1n) is 6.27. The number of carbonyl (C=O) groups excluding carboxylic acids is 1. The van der Waals surface area contributed by atoms with Gasteiger partial charge in [0.15, 0.2) is 0 Å². The minimum atomic E-state index is -1.14. The van der Waals surface area contributed by atoms with Crippen LogP contribution in [0.15, 0.2) is 12.1 Å². The van der Waals surface area contributed by atoms with E-state index in [1.165, 1.54) is 19.2 Å². The maximum Gasteiger partial charge on any atom is 0.339 e. The Morgan fingerprint density at radius 2 is 2.05 bits per heavy atom. The molecule has 1 heterocycles. The van der Waals surface area contributed by atoms with Gasteiger partial charge in [0.2, 0.25) is 0 Å². The minimum absolute atomic E-state index is 0.0464. The summed E-state index contributed by atoms with van der Waals surface area (Å²) in [5.41, 5.74) is 0.289. The highest BCUT2D eigenvalue weighted by Gasteiger charge is 2.20. The van der Waals surface area contributed by atoms with Crippen LogP contribution in [0.2, 0.25) is 5.02 Å². The SMILES string of the molecule is COc1cc(NC(=O)N2CCSCC2)c(Cl)cc1C(=O)O. The summed E-state index contributed by atoms with van der Waals surface area (Å²) in [5.74, 6) is 0.821. The van der Waals surface area contributed by atoms with Crippen LogP contribution >= 0.6 is 23.4 Å². The van der Waals surface area contributed by atoms with Gasteiger partial charge in [-0.25, -0.2) is 9.59 Å². The molecule has 8 heteroatoms. The fourth-order valence-electron chi connectivity index (χ4n) is 1.95. The number of hydrogen-bond acceptors (Lipinski definition) is 4. The molecule has 6 nitrogen and oxygen atoms in total. The number of urea groups is 1. The number of methoxy groups -OCH3 is 1. The molecular weight excluding hydrogens is 316 g/mol. The predicted octanol–water partition coefficient (Wildman–Crippen LogP) is 2.63. The van der Waals surface area contributed by atoms with Gasteiger partial charge in [0.05, 0.1) is 17.8 Å². The predicted molar refractivity (Wildman–Crippen MR) is 82.9 cm³/mol. The fraction of sp³-hybridized carbons (Fsp3) is 0.385. The molecule has 2 rings (SSSR count). The average molecular weight is 331 g/mol. The molecule has 1 saturated heterocycles. The van der Waals surface area contributed by atoms with Crippen molar-refractivity contribution in [2.75, 3.05) is 37.0 Å². The lowest BCUT2D eigenvalue weighted by Crippen LogP contribution is -2.40. The molecule has 1 aliphatic heterocycles. The topological polar surface area (TPSA) is 78.9 Å². The van der Waals surface area contributed by atoms with E-state index in [1.807, 2.05) is 0 Å². The van der Waals surface area contributed by atoms with E-state index in [4.69, 9.17) is 21.4 Å². The number of hydrogen-bond donors (Lipinski definition) is 2. The van der Waals surface area contributed by atoms with Gasteiger partial charge in [-0.2, -0.15) is 11.8 Å². The molecule has 2 amide bonds. The second-order valence-corrected chi connectivity index (χ2v) is 6.00. The van der Waals surface area contributed by atoms with Crippen molar-refractivity contribution in [3.8, 4) is 5.75 Å². The fourth-order valence-corrected chi connectivity index (χ4v) is 3.06. The van der Waals surface area contributed by atoms with Crippen LogP contribution in [-0.4, -0.2) is 53.7 Å². The second-order valence-electron chi connectivity index (χ2n) is 4.37. The number of thioether (sulfide) groups is 1. The molecule has 0 bridgehead atoms. The molecule has 0 spiro atoms. The highest BCUT2D eigenvalue weighted by atomic mass is 35.5. The molecule has 1 fully saturated rings. The van der Waals surface area contributed by atoms with Crippen molar-refractivity contribution in [2.45, 2.75) is 0 Å². The molecule has 0 unspecified atom stereocenters. The van der Waals surface area contributed by atoms with Gasteiger partial charge in [-0.15, -0.1) is 0 Å². The van der Waals surface area contributed by atoms with E-state index in [0.717, 1.165) is 11.5 Å². The van der Waals surface area contributed by atoms with Crippen LogP contribution < -0.4 is 10.1 Å². The van der Waals surface area contributed by atoms with Crippen molar-refractivity contribution in [3.05, 3.63) is 22.7 Å². The first kappa shape index (κ1) is 15.8. The molecule has 0 radical (unpaired) electrons. The summed E-state index contributed by atoms with van der Waals surface area (Å²) < 4.78 is 5.02. The number of nitrogens with zero attached hydrogens (tertiary/aromatic N) is 1. The number of halogens is 1. The van der Waals surface area contributed by atoms with Crippen molar-refractivity contribution in [2.24, 2.45) is 0 Å². The minimum Gasteiger partial charge on any atom is -0.496 e. The van der Waals surface area contributed by atoms with Crippen molar-refractivity contribution in [1.29, 1.82) is 0 Å². The summed E-state index contributed by atoms with van der Waals surface area (Å²) in [7, 11) is 1.36. The number of aromatic carboxylic acids is 1. The third-order valence-corrected chi connectivity index (χ3v) is 4.31. The number of carboxylic acids is 1. The van der Waals surface area contributed by atoms with Gasteiger partial charge in [0.1, 0.15) is 11.3 Å². The number of benzene rings is 1. The van der Waals surface area contributed by atoms with E-state index in [1.54, 1.807) is 16.7 Å². The van der Waals surface area contributed by atoms with Gasteiger partial charge in [-0.1, -0.05) is 11.6 Å². The molecule has 1 aromatic carbocycles. The molecule has 0 aliphatic carbocycles. The third-order valence-electron chi connectivity index (χ3n) is 3.06. The molecule has 0 aromatic heterocycles. The van der Waals surface area contributed by atoms with Crippen molar-refractivity contribution in [1.82, 2.24) is 4.90 Å². The third kappa shape index (κ3) is 3.74. The van der Waals surface area contributed by atoms with Crippen molar-refractivity contribution < 1.29 is 19.4 Å². The Hall–Kier alpha value is -1.60. The first-order chi connectivity index (χ1) is 10.0. The molecule has 1 aromatic rings. The summed E-state index contributed by atoms with van der Waals surface area (Å²) >= 11 is 7.83. The smallest absolute Gasteiger partial charge is 0.339 e. The lowest BCUT2D eigenvalue weighted by atomic mass is 10.2. The van der Waals surface area contributed by atoms with E-state index in [2.05, 4.69) is 5.32 Å². The number of carboxylic acid groups (broad SMARTS) is 1. The van der Waals surface area contributed by atoms with Gasteiger partial charge in [-0.05, 0) is 6.07 Å². The quantitative estimate of drug-likeness (QED) is 0.890. The lowest BCUT2D eigenvalue weighted by Gasteiger charge is -2.26. The Morgan fingerprint density at radius 1 is 1.38 bits per heavy atom. The Morgan fingerprint density at radius 3 is 2.62 bits per heavy atom. The molecule has 1 aliphatic rings. The summed E-state index contributed by atoms with van der Waals surface area (Å²) in [6, 6.07) is 2.44. The van der Waals surface area contributed by atoms with Crippen molar-refractivity contribution >= 4 is 41.1 Å². The molecule has 0 saturated carbocycles. The zero-order valence-electron chi connectivity index (χ0n) is 11.4. The maximum absolute atomic E-state index is 12.1. The lowest BCUT2D eigenvalue weighted by molar-refractivity contribution is 0.0693. The molecule has 0 atom stereocenters. The zero-order valence-corrected chi connectivity index (χ0v) is 13.0. The molecular formula is C13H15ClN2O4S. The van der Waals surface area contributed by atoms with Crippen LogP contribution in [-0.2, 0) is 0 Å². The van der Waals surface area contributed by atoms with Gasteiger partial charge in [0, 0.05) is 30.7 Å². The number of carbonyl (C=O) groups is 2. The van der Waals surface area contributed by atoms with Crippen LogP contribution in [0.4, 0.5) is 10.5 Å². The number of anilines is 1. The number of rotatable bonds is 3. The van der Waals surface area contributed by atoms with Gasteiger partial charge in [-0.3, -0.25) is 0 Å². The van der Waals surface area contributed by atoms with Crippen LogP contribution in [0.25, 0.3) is 0 Å². The van der Waals surface area contributed by atoms with Gasteiger partial charge < -0.3 is 20.1 Å². The van der Waals surface area contributed by atoms with E-state index in [9.17, 15) is 9.59 Å². The zero-order chi connectivity index (χ0) is 15.4. The van der Waals surface area contributed by atoms with E-state index in [-0.39, 0.29) is 22.4 Å². The summed E-state index contributed by atoms with van der Waals surface area (Å²) in [4.78, 5) is 24.9. The van der Waals surface area contributed by atoms with Gasteiger partial charge in [0.25, 0.3) is 0 Å². The van der Waals surface area contributed by atoms with Crippen molar-refractivity contribution in [3.63, 3.8) is 0 Å². The highest BCUT2D eigenvalue weighted by Crippen LogP contribution is 2.31. The highest BCUT2D eigenvalue weighted by molar-refractivity contribution is 7.99. The first-order valence-corrected chi connectivity index (χ1v) is 7.80. The maximum atomic E-state index is 12.1. The van der Waals surface area contributed by atoms with E-state index < -0.39 is 5.97 Å².